The highest BCUT2D eigenvalue weighted by atomic mass is 32.2. The van der Waals surface area contributed by atoms with Crippen molar-refractivity contribution in [1.82, 2.24) is 4.31 Å². The van der Waals surface area contributed by atoms with Gasteiger partial charge in [-0.05, 0) is 37.1 Å². The van der Waals surface area contributed by atoms with Gasteiger partial charge in [0, 0.05) is 13.1 Å². The van der Waals surface area contributed by atoms with Crippen LogP contribution in [-0.2, 0) is 10.0 Å². The van der Waals surface area contributed by atoms with Crippen molar-refractivity contribution < 1.29 is 23.1 Å². The molecule has 1 aliphatic heterocycles. The summed E-state index contributed by atoms with van der Waals surface area (Å²) in [4.78, 5) is 10.9. The van der Waals surface area contributed by atoms with Gasteiger partial charge in [-0.1, -0.05) is 0 Å². The van der Waals surface area contributed by atoms with E-state index in [0.29, 0.717) is 26.1 Å². The van der Waals surface area contributed by atoms with Gasteiger partial charge in [-0.2, -0.15) is 4.31 Å². The number of nitrogens with zero attached hydrogens (tertiary/aromatic N) is 1. The van der Waals surface area contributed by atoms with Crippen LogP contribution in [0.3, 0.4) is 0 Å². The number of hydrogen-bond acceptors (Lipinski definition) is 5. The van der Waals surface area contributed by atoms with Gasteiger partial charge in [0.2, 0.25) is 10.0 Å². The summed E-state index contributed by atoms with van der Waals surface area (Å²) >= 11 is 0. The molecule has 21 heavy (non-hydrogen) atoms. The molecule has 1 aromatic carbocycles. The molecule has 1 aromatic rings. The molecule has 0 radical (unpaired) electrons. The molecular formula is C13H18N2O5S. The first-order valence-corrected chi connectivity index (χ1v) is 7.95. The zero-order valence-corrected chi connectivity index (χ0v) is 12.5. The Labute approximate surface area is 123 Å². The number of benzene rings is 1. The van der Waals surface area contributed by atoms with Gasteiger partial charge in [0.25, 0.3) is 0 Å². The van der Waals surface area contributed by atoms with Crippen LogP contribution in [0.4, 0.5) is 0 Å². The van der Waals surface area contributed by atoms with Crippen LogP contribution in [0, 0.1) is 5.92 Å². The molecule has 1 heterocycles. The molecule has 1 unspecified atom stereocenters. The molecule has 1 saturated heterocycles. The summed E-state index contributed by atoms with van der Waals surface area (Å²) in [6.45, 7) is 1.16. The van der Waals surface area contributed by atoms with Crippen molar-refractivity contribution in [3.8, 4) is 5.75 Å². The fraction of sp³-hybridized carbons (Fsp3) is 0.462. The number of carboxylic acids is 1. The van der Waals surface area contributed by atoms with E-state index in [9.17, 15) is 13.2 Å². The highest BCUT2D eigenvalue weighted by Gasteiger charge is 2.34. The molecule has 8 heteroatoms. The van der Waals surface area contributed by atoms with Crippen molar-refractivity contribution >= 4 is 16.0 Å². The van der Waals surface area contributed by atoms with Crippen LogP contribution in [0.2, 0.25) is 0 Å². The number of rotatable bonds is 5. The van der Waals surface area contributed by atoms with Crippen LogP contribution in [0.5, 0.6) is 5.75 Å². The van der Waals surface area contributed by atoms with Gasteiger partial charge in [0.1, 0.15) is 10.6 Å². The Bertz CT molecular complexity index is 644. The smallest absolute Gasteiger partial charge is 0.335 e. The van der Waals surface area contributed by atoms with Crippen molar-refractivity contribution in [1.29, 1.82) is 0 Å². The van der Waals surface area contributed by atoms with Crippen molar-refractivity contribution in [2.45, 2.75) is 11.3 Å². The van der Waals surface area contributed by atoms with Crippen LogP contribution in [0.1, 0.15) is 16.8 Å². The molecule has 0 aromatic heterocycles. The van der Waals surface area contributed by atoms with Crippen LogP contribution in [0.25, 0.3) is 0 Å². The fourth-order valence-corrected chi connectivity index (χ4v) is 4.07. The summed E-state index contributed by atoms with van der Waals surface area (Å²) < 4.78 is 31.7. The number of nitrogens with two attached hydrogens (primary N) is 1. The summed E-state index contributed by atoms with van der Waals surface area (Å²) in [6.07, 6.45) is 0.705. The predicted octanol–water partition coefficient (Wildman–Crippen LogP) is 0.363. The second kappa shape index (κ2) is 6.00. The Morgan fingerprint density at radius 1 is 1.52 bits per heavy atom. The Hall–Kier alpha value is -1.64. The van der Waals surface area contributed by atoms with Gasteiger partial charge in [0.05, 0.1) is 12.7 Å². The fourth-order valence-electron chi connectivity index (χ4n) is 2.36. The third-order valence-corrected chi connectivity index (χ3v) is 5.50. The van der Waals surface area contributed by atoms with E-state index in [1.807, 2.05) is 0 Å². The first-order chi connectivity index (χ1) is 9.90. The van der Waals surface area contributed by atoms with Gasteiger partial charge in [-0.25, -0.2) is 13.2 Å². The van der Waals surface area contributed by atoms with E-state index >= 15 is 0 Å². The highest BCUT2D eigenvalue weighted by Crippen LogP contribution is 2.30. The SMILES string of the molecule is COc1ccc(C(=O)O)cc1S(=O)(=O)N1CCC(CN)C1. The van der Waals surface area contributed by atoms with E-state index in [4.69, 9.17) is 15.6 Å². The summed E-state index contributed by atoms with van der Waals surface area (Å²) in [5.74, 6) is -0.917. The first kappa shape index (κ1) is 15.7. The molecule has 116 valence electrons. The second-order valence-corrected chi connectivity index (χ2v) is 6.83. The number of aromatic carboxylic acids is 1. The average molecular weight is 314 g/mol. The second-order valence-electron chi connectivity index (χ2n) is 4.92. The van der Waals surface area contributed by atoms with Crippen LogP contribution >= 0.6 is 0 Å². The summed E-state index contributed by atoms with van der Waals surface area (Å²) in [7, 11) is -2.44. The maximum absolute atomic E-state index is 12.7. The molecule has 0 saturated carbocycles. The summed E-state index contributed by atoms with van der Waals surface area (Å²) in [5, 5.41) is 9.02. The minimum absolute atomic E-state index is 0.0936. The van der Waals surface area contributed by atoms with Gasteiger partial charge in [-0.15, -0.1) is 0 Å². The molecule has 1 aliphatic rings. The third-order valence-electron chi connectivity index (χ3n) is 3.61. The van der Waals surface area contributed by atoms with E-state index in [-0.39, 0.29) is 22.1 Å². The first-order valence-electron chi connectivity index (χ1n) is 6.51. The van der Waals surface area contributed by atoms with Crippen LogP contribution < -0.4 is 10.5 Å². The topological polar surface area (TPSA) is 110 Å². The highest BCUT2D eigenvalue weighted by molar-refractivity contribution is 7.89. The normalized spacial score (nSPS) is 19.6. The molecule has 0 bridgehead atoms. The Morgan fingerprint density at radius 3 is 2.76 bits per heavy atom. The lowest BCUT2D eigenvalue weighted by Crippen LogP contribution is -2.30. The number of ether oxygens (including phenoxy) is 1. The van der Waals surface area contributed by atoms with Gasteiger partial charge < -0.3 is 15.6 Å². The predicted molar refractivity (Wildman–Crippen MR) is 75.9 cm³/mol. The molecule has 0 amide bonds. The van der Waals surface area contributed by atoms with Crippen LogP contribution in [-0.4, -0.2) is 50.5 Å². The van der Waals surface area contributed by atoms with E-state index in [0.717, 1.165) is 6.07 Å². The minimum Gasteiger partial charge on any atom is -0.495 e. The quantitative estimate of drug-likeness (QED) is 0.812. The number of hydrogen-bond donors (Lipinski definition) is 2. The standard InChI is InChI=1S/C13H18N2O5S/c1-20-11-3-2-10(13(16)17)6-12(11)21(18,19)15-5-4-9(7-14)8-15/h2-3,6,9H,4-5,7-8,14H2,1H3,(H,16,17). The van der Waals surface area contributed by atoms with Gasteiger partial charge in [0.15, 0.2) is 0 Å². The van der Waals surface area contributed by atoms with Crippen molar-refractivity contribution in [3.63, 3.8) is 0 Å². The Kier molecular flexibility index (Phi) is 4.50. The number of methoxy groups -OCH3 is 1. The molecule has 3 N–H and O–H groups in total. The van der Waals surface area contributed by atoms with Crippen molar-refractivity contribution in [2.75, 3.05) is 26.7 Å². The van der Waals surface area contributed by atoms with E-state index in [1.165, 1.54) is 23.5 Å². The molecular weight excluding hydrogens is 296 g/mol. The Balaban J connectivity index is 2.43. The lowest BCUT2D eigenvalue weighted by atomic mass is 10.1. The maximum Gasteiger partial charge on any atom is 0.335 e. The number of carboxylic acid groups (broad SMARTS) is 1. The zero-order chi connectivity index (χ0) is 15.6. The molecule has 0 aliphatic carbocycles. The monoisotopic (exact) mass is 314 g/mol. The summed E-state index contributed by atoms with van der Waals surface area (Å²) in [6, 6.07) is 3.80. The lowest BCUT2D eigenvalue weighted by Gasteiger charge is -2.18. The van der Waals surface area contributed by atoms with Crippen molar-refractivity contribution in [3.05, 3.63) is 23.8 Å². The van der Waals surface area contributed by atoms with Crippen LogP contribution in [0.15, 0.2) is 23.1 Å². The van der Waals surface area contributed by atoms with Gasteiger partial charge in [-0.3, -0.25) is 0 Å². The van der Waals surface area contributed by atoms with Gasteiger partial charge >= 0.3 is 5.97 Å². The van der Waals surface area contributed by atoms with E-state index < -0.39 is 16.0 Å². The molecule has 1 atom stereocenters. The van der Waals surface area contributed by atoms with E-state index in [1.54, 1.807) is 0 Å². The molecule has 7 nitrogen and oxygen atoms in total. The molecule has 2 rings (SSSR count). The average Bonchev–Trinajstić information content (AvgIpc) is 2.96. The Morgan fingerprint density at radius 2 is 2.24 bits per heavy atom. The third kappa shape index (κ3) is 3.02. The molecule has 0 spiro atoms. The summed E-state index contributed by atoms with van der Waals surface area (Å²) in [5.41, 5.74) is 5.48. The number of sulfonamides is 1. The lowest BCUT2D eigenvalue weighted by molar-refractivity contribution is 0.0696. The largest absolute Gasteiger partial charge is 0.495 e. The zero-order valence-electron chi connectivity index (χ0n) is 11.7. The minimum atomic E-state index is -3.79. The maximum atomic E-state index is 12.7. The van der Waals surface area contributed by atoms with Crippen molar-refractivity contribution in [2.24, 2.45) is 11.7 Å². The number of carbonyl (C=O) groups is 1. The van der Waals surface area contributed by atoms with E-state index in [2.05, 4.69) is 0 Å². The molecule has 1 fully saturated rings.